The molecule has 4 rings (SSSR count). The lowest BCUT2D eigenvalue weighted by Gasteiger charge is -2.32. The molecule has 126 valence electrons. The van der Waals surface area contributed by atoms with Crippen molar-refractivity contribution < 1.29 is 0 Å². The topological polar surface area (TPSA) is 41.1 Å². The zero-order chi connectivity index (χ0) is 15.5. The van der Waals surface area contributed by atoms with Gasteiger partial charge in [-0.3, -0.25) is 0 Å². The molecule has 1 aromatic rings. The minimum atomic E-state index is 0.612. The summed E-state index contributed by atoms with van der Waals surface area (Å²) in [6, 6.07) is 0. The average Bonchev–Trinajstić information content (AvgIpc) is 3.17. The molecule has 0 radical (unpaired) electrons. The maximum absolute atomic E-state index is 5.18. The highest BCUT2D eigenvalue weighted by Crippen LogP contribution is 2.39. The number of nitrogens with zero attached hydrogens (tertiary/aromatic N) is 3. The van der Waals surface area contributed by atoms with Gasteiger partial charge in [0.05, 0.1) is 17.6 Å². The molecule has 2 saturated carbocycles. The van der Waals surface area contributed by atoms with Crippen LogP contribution < -0.4 is 10.2 Å². The maximum Gasteiger partial charge on any atom is 0.131 e. The molecular formula is C19H30N4. The van der Waals surface area contributed by atoms with Crippen LogP contribution in [0.25, 0.3) is 0 Å². The molecule has 2 aliphatic carbocycles. The Morgan fingerprint density at radius 3 is 2.26 bits per heavy atom. The van der Waals surface area contributed by atoms with Crippen molar-refractivity contribution in [3.8, 4) is 0 Å². The Hall–Kier alpha value is -1.16. The zero-order valence-electron chi connectivity index (χ0n) is 14.3. The molecule has 4 heteroatoms. The minimum absolute atomic E-state index is 0.612. The second kappa shape index (κ2) is 7.16. The summed E-state index contributed by atoms with van der Waals surface area (Å²) in [6.45, 7) is 4.33. The van der Waals surface area contributed by atoms with Gasteiger partial charge in [-0.2, -0.15) is 0 Å². The first kappa shape index (κ1) is 15.4. The van der Waals surface area contributed by atoms with Gasteiger partial charge in [0.1, 0.15) is 5.82 Å². The zero-order valence-corrected chi connectivity index (χ0v) is 14.3. The van der Waals surface area contributed by atoms with Crippen LogP contribution in [0.3, 0.4) is 0 Å². The molecule has 1 aliphatic heterocycles. The summed E-state index contributed by atoms with van der Waals surface area (Å²) in [5, 5.41) is 3.45. The molecule has 0 spiro atoms. The monoisotopic (exact) mass is 314 g/mol. The Kier molecular flexibility index (Phi) is 4.79. The molecule has 2 heterocycles. The standard InChI is InChI=1S/C19H30N4/c1-2-8-16(9-3-1)19-21-14-17(23-12-10-20-11-13-23)18(22-19)15-6-4-5-7-15/h14-16,20H,1-13H2. The molecule has 0 unspecified atom stereocenters. The number of hydrogen-bond donors (Lipinski definition) is 1. The molecule has 3 aliphatic rings. The van der Waals surface area contributed by atoms with Crippen LogP contribution in [-0.4, -0.2) is 36.1 Å². The predicted octanol–water partition coefficient (Wildman–Crippen LogP) is 3.59. The van der Waals surface area contributed by atoms with E-state index in [1.54, 1.807) is 0 Å². The van der Waals surface area contributed by atoms with Crippen LogP contribution in [0.1, 0.15) is 81.1 Å². The molecule has 4 nitrogen and oxygen atoms in total. The number of rotatable bonds is 3. The van der Waals surface area contributed by atoms with Gasteiger partial charge in [0, 0.05) is 38.0 Å². The highest BCUT2D eigenvalue weighted by atomic mass is 15.2. The van der Waals surface area contributed by atoms with Gasteiger partial charge in [0.15, 0.2) is 0 Å². The molecule has 23 heavy (non-hydrogen) atoms. The van der Waals surface area contributed by atoms with Crippen LogP contribution in [0.2, 0.25) is 0 Å². The lowest BCUT2D eigenvalue weighted by atomic mass is 9.88. The quantitative estimate of drug-likeness (QED) is 0.925. The van der Waals surface area contributed by atoms with Crippen LogP contribution in [-0.2, 0) is 0 Å². The van der Waals surface area contributed by atoms with E-state index >= 15 is 0 Å². The van der Waals surface area contributed by atoms with Crippen LogP contribution in [0, 0.1) is 0 Å². The van der Waals surface area contributed by atoms with Crippen LogP contribution in [0.4, 0.5) is 5.69 Å². The molecular weight excluding hydrogens is 284 g/mol. The van der Waals surface area contributed by atoms with Crippen LogP contribution in [0.15, 0.2) is 6.20 Å². The molecule has 1 N–H and O–H groups in total. The van der Waals surface area contributed by atoms with E-state index in [-0.39, 0.29) is 0 Å². The van der Waals surface area contributed by atoms with E-state index in [2.05, 4.69) is 16.4 Å². The Balaban J connectivity index is 1.64. The van der Waals surface area contributed by atoms with Crippen molar-refractivity contribution in [3.05, 3.63) is 17.7 Å². The molecule has 1 saturated heterocycles. The summed E-state index contributed by atoms with van der Waals surface area (Å²) in [5.74, 6) is 2.43. The lowest BCUT2D eigenvalue weighted by Crippen LogP contribution is -2.44. The van der Waals surface area contributed by atoms with Crippen molar-refractivity contribution in [2.24, 2.45) is 0 Å². The summed E-state index contributed by atoms with van der Waals surface area (Å²) in [7, 11) is 0. The fraction of sp³-hybridized carbons (Fsp3) is 0.789. The number of piperazine rings is 1. The molecule has 0 amide bonds. The fourth-order valence-corrected chi connectivity index (χ4v) is 4.61. The van der Waals surface area contributed by atoms with E-state index in [1.165, 1.54) is 69.2 Å². The fourth-order valence-electron chi connectivity index (χ4n) is 4.61. The average molecular weight is 314 g/mol. The second-order valence-electron chi connectivity index (χ2n) is 7.55. The first-order valence-corrected chi connectivity index (χ1v) is 9.74. The normalized spacial score (nSPS) is 24.3. The van der Waals surface area contributed by atoms with Gasteiger partial charge in [-0.15, -0.1) is 0 Å². The number of hydrogen-bond acceptors (Lipinski definition) is 4. The van der Waals surface area contributed by atoms with Gasteiger partial charge in [-0.05, 0) is 25.7 Å². The lowest BCUT2D eigenvalue weighted by molar-refractivity contribution is 0.426. The van der Waals surface area contributed by atoms with Crippen molar-refractivity contribution in [2.75, 3.05) is 31.1 Å². The largest absolute Gasteiger partial charge is 0.366 e. The highest BCUT2D eigenvalue weighted by molar-refractivity contribution is 5.51. The summed E-state index contributed by atoms with van der Waals surface area (Å²) >= 11 is 0. The third-order valence-corrected chi connectivity index (χ3v) is 5.99. The Labute approximate surface area is 140 Å². The van der Waals surface area contributed by atoms with Gasteiger partial charge < -0.3 is 10.2 Å². The van der Waals surface area contributed by atoms with Crippen molar-refractivity contribution >= 4 is 5.69 Å². The number of aromatic nitrogens is 2. The van der Waals surface area contributed by atoms with E-state index in [0.29, 0.717) is 11.8 Å². The summed E-state index contributed by atoms with van der Waals surface area (Å²) in [5.41, 5.74) is 2.71. The number of anilines is 1. The third kappa shape index (κ3) is 3.37. The van der Waals surface area contributed by atoms with Crippen molar-refractivity contribution in [1.82, 2.24) is 15.3 Å². The predicted molar refractivity (Wildman–Crippen MR) is 94.1 cm³/mol. The summed E-state index contributed by atoms with van der Waals surface area (Å²) in [4.78, 5) is 12.5. The van der Waals surface area contributed by atoms with Gasteiger partial charge in [0.25, 0.3) is 0 Å². The summed E-state index contributed by atoms with van der Waals surface area (Å²) < 4.78 is 0. The highest BCUT2D eigenvalue weighted by Gasteiger charge is 2.27. The van der Waals surface area contributed by atoms with Crippen molar-refractivity contribution in [1.29, 1.82) is 0 Å². The van der Waals surface area contributed by atoms with Gasteiger partial charge in [-0.25, -0.2) is 9.97 Å². The molecule has 0 atom stereocenters. The van der Waals surface area contributed by atoms with Gasteiger partial charge in [0.2, 0.25) is 0 Å². The maximum atomic E-state index is 5.18. The van der Waals surface area contributed by atoms with Crippen molar-refractivity contribution in [2.45, 2.75) is 69.6 Å². The molecule has 3 fully saturated rings. The molecule has 1 aromatic heterocycles. The van der Waals surface area contributed by atoms with Crippen molar-refractivity contribution in [3.63, 3.8) is 0 Å². The Bertz CT molecular complexity index is 512. The smallest absolute Gasteiger partial charge is 0.131 e. The first-order valence-electron chi connectivity index (χ1n) is 9.74. The molecule has 0 bridgehead atoms. The van der Waals surface area contributed by atoms with Gasteiger partial charge >= 0.3 is 0 Å². The Morgan fingerprint density at radius 2 is 1.52 bits per heavy atom. The summed E-state index contributed by atoms with van der Waals surface area (Å²) in [6.07, 6.45) is 14.2. The van der Waals surface area contributed by atoms with Crippen LogP contribution >= 0.6 is 0 Å². The second-order valence-corrected chi connectivity index (χ2v) is 7.55. The van der Waals surface area contributed by atoms with Crippen LogP contribution in [0.5, 0.6) is 0 Å². The van der Waals surface area contributed by atoms with E-state index in [4.69, 9.17) is 9.97 Å². The molecule has 0 aromatic carbocycles. The third-order valence-electron chi connectivity index (χ3n) is 5.99. The first-order chi connectivity index (χ1) is 11.4. The Morgan fingerprint density at radius 1 is 0.870 bits per heavy atom. The van der Waals surface area contributed by atoms with E-state index < -0.39 is 0 Å². The SMILES string of the molecule is c1nc(C2CCCCC2)nc(C2CCCC2)c1N1CCNCC1. The van der Waals surface area contributed by atoms with E-state index in [1.807, 2.05) is 0 Å². The number of nitrogens with one attached hydrogen (secondary N) is 1. The van der Waals surface area contributed by atoms with Gasteiger partial charge in [-0.1, -0.05) is 32.1 Å². The van der Waals surface area contributed by atoms with E-state index in [9.17, 15) is 0 Å². The minimum Gasteiger partial charge on any atom is -0.366 e. The van der Waals surface area contributed by atoms with E-state index in [0.717, 1.165) is 32.0 Å².